The van der Waals surface area contributed by atoms with Crippen molar-refractivity contribution >= 4 is 11.9 Å². The molecule has 23 heavy (non-hydrogen) atoms. The maximum Gasteiger partial charge on any atom is 0.303 e. The van der Waals surface area contributed by atoms with Crippen LogP contribution in [-0.4, -0.2) is 22.6 Å². The molecule has 2 N–H and O–H groups in total. The molecule has 1 aliphatic rings. The molecular formula is C17H22FNO4. The molecule has 6 heteroatoms. The minimum Gasteiger partial charge on any atom is -0.487 e. The van der Waals surface area contributed by atoms with E-state index >= 15 is 0 Å². The monoisotopic (exact) mass is 323 g/mol. The van der Waals surface area contributed by atoms with E-state index in [1.807, 2.05) is 13.8 Å². The Labute approximate surface area is 134 Å². The van der Waals surface area contributed by atoms with Gasteiger partial charge in [-0.3, -0.25) is 9.59 Å². The van der Waals surface area contributed by atoms with E-state index < -0.39 is 11.6 Å². The van der Waals surface area contributed by atoms with Gasteiger partial charge in [0.05, 0.1) is 6.04 Å². The van der Waals surface area contributed by atoms with Crippen molar-refractivity contribution in [1.29, 1.82) is 0 Å². The van der Waals surface area contributed by atoms with Crippen molar-refractivity contribution < 1.29 is 23.8 Å². The molecule has 1 unspecified atom stereocenters. The van der Waals surface area contributed by atoms with Crippen LogP contribution in [0, 0.1) is 5.82 Å². The average molecular weight is 323 g/mol. The van der Waals surface area contributed by atoms with Crippen molar-refractivity contribution in [2.75, 3.05) is 0 Å². The first-order chi connectivity index (χ1) is 10.8. The summed E-state index contributed by atoms with van der Waals surface area (Å²) in [5.74, 6) is -0.904. The van der Waals surface area contributed by atoms with Crippen LogP contribution in [0.1, 0.15) is 57.6 Å². The molecule has 0 radical (unpaired) electrons. The second-order valence-corrected chi connectivity index (χ2v) is 6.47. The summed E-state index contributed by atoms with van der Waals surface area (Å²) in [6, 6.07) is 4.09. The van der Waals surface area contributed by atoms with Crippen LogP contribution in [0.5, 0.6) is 5.75 Å². The average Bonchev–Trinajstić information content (AvgIpc) is 2.41. The van der Waals surface area contributed by atoms with Crippen LogP contribution < -0.4 is 10.1 Å². The number of carbonyl (C=O) groups is 2. The second kappa shape index (κ2) is 6.98. The number of rotatable bonds is 6. The summed E-state index contributed by atoms with van der Waals surface area (Å²) in [6.07, 6.45) is 1.94. The number of aliphatic carboxylic acids is 1. The Kier molecular flexibility index (Phi) is 5.23. The first-order valence-corrected chi connectivity index (χ1v) is 7.76. The van der Waals surface area contributed by atoms with Crippen molar-refractivity contribution in [2.45, 2.75) is 57.6 Å². The van der Waals surface area contributed by atoms with E-state index in [4.69, 9.17) is 9.84 Å². The lowest BCUT2D eigenvalue weighted by atomic mass is 9.89. The molecule has 0 bridgehead atoms. The van der Waals surface area contributed by atoms with Crippen LogP contribution in [0.4, 0.5) is 4.39 Å². The Morgan fingerprint density at radius 2 is 2.04 bits per heavy atom. The van der Waals surface area contributed by atoms with Gasteiger partial charge in [0.25, 0.3) is 0 Å². The van der Waals surface area contributed by atoms with Gasteiger partial charge in [-0.1, -0.05) is 6.07 Å². The summed E-state index contributed by atoms with van der Waals surface area (Å²) in [5, 5.41) is 11.5. The van der Waals surface area contributed by atoms with Crippen LogP contribution in [-0.2, 0) is 9.59 Å². The first-order valence-electron chi connectivity index (χ1n) is 7.76. The lowest BCUT2D eigenvalue weighted by Crippen LogP contribution is -2.41. The molecule has 0 aromatic heterocycles. The minimum absolute atomic E-state index is 0.0691. The van der Waals surface area contributed by atoms with Gasteiger partial charge in [0.15, 0.2) is 0 Å². The lowest BCUT2D eigenvalue weighted by Gasteiger charge is -2.38. The summed E-state index contributed by atoms with van der Waals surface area (Å²) < 4.78 is 19.2. The van der Waals surface area contributed by atoms with E-state index in [-0.39, 0.29) is 30.6 Å². The Bertz CT molecular complexity index is 600. The van der Waals surface area contributed by atoms with Crippen molar-refractivity contribution in [1.82, 2.24) is 5.32 Å². The third-order valence-corrected chi connectivity index (χ3v) is 3.81. The fraction of sp³-hybridized carbons (Fsp3) is 0.529. The summed E-state index contributed by atoms with van der Waals surface area (Å²) in [7, 11) is 0. The second-order valence-electron chi connectivity index (χ2n) is 6.47. The molecule has 0 saturated carbocycles. The zero-order valence-electron chi connectivity index (χ0n) is 13.4. The molecule has 5 nitrogen and oxygen atoms in total. The fourth-order valence-corrected chi connectivity index (χ4v) is 2.78. The molecule has 1 amide bonds. The molecule has 126 valence electrons. The topological polar surface area (TPSA) is 75.6 Å². The van der Waals surface area contributed by atoms with Crippen LogP contribution in [0.3, 0.4) is 0 Å². The Morgan fingerprint density at radius 1 is 1.35 bits per heavy atom. The predicted molar refractivity (Wildman–Crippen MR) is 82.7 cm³/mol. The number of carboxylic acids is 1. The van der Waals surface area contributed by atoms with Gasteiger partial charge in [-0.15, -0.1) is 0 Å². The summed E-state index contributed by atoms with van der Waals surface area (Å²) in [4.78, 5) is 22.5. The van der Waals surface area contributed by atoms with Crippen molar-refractivity contribution in [3.05, 3.63) is 29.6 Å². The van der Waals surface area contributed by atoms with Crippen molar-refractivity contribution in [3.63, 3.8) is 0 Å². The number of amides is 1. The zero-order chi connectivity index (χ0) is 17.0. The number of ether oxygens (including phenoxy) is 1. The highest BCUT2D eigenvalue weighted by Crippen LogP contribution is 2.39. The molecule has 0 fully saturated rings. The van der Waals surface area contributed by atoms with Gasteiger partial charge in [-0.2, -0.15) is 0 Å². The molecule has 2 rings (SSSR count). The number of carboxylic acid groups (broad SMARTS) is 1. The molecule has 1 atom stereocenters. The van der Waals surface area contributed by atoms with E-state index in [0.29, 0.717) is 25.0 Å². The van der Waals surface area contributed by atoms with E-state index in [1.54, 1.807) is 6.07 Å². The highest BCUT2D eigenvalue weighted by molar-refractivity contribution is 5.76. The molecular weight excluding hydrogens is 301 g/mol. The Balaban J connectivity index is 1.99. The fourth-order valence-electron chi connectivity index (χ4n) is 2.78. The number of carbonyl (C=O) groups excluding carboxylic acids is 1. The maximum atomic E-state index is 13.4. The molecule has 1 heterocycles. The molecule has 1 aliphatic heterocycles. The molecule has 0 spiro atoms. The number of fused-ring (bicyclic) bond motifs is 1. The zero-order valence-corrected chi connectivity index (χ0v) is 13.4. The van der Waals surface area contributed by atoms with Gasteiger partial charge in [0, 0.05) is 30.9 Å². The standard InChI is InChI=1S/C17H22FNO4/c1-17(2)10-13(12-8-7-11(18)9-14(12)23-17)19-15(20)5-3-4-6-16(21)22/h7-9,13H,3-6,10H2,1-2H3,(H,19,20)(H,21,22). The van der Waals surface area contributed by atoms with Gasteiger partial charge < -0.3 is 15.2 Å². The number of nitrogens with one attached hydrogen (secondary N) is 1. The van der Waals surface area contributed by atoms with Crippen LogP contribution in [0.2, 0.25) is 0 Å². The molecule has 0 saturated heterocycles. The first kappa shape index (κ1) is 17.2. The maximum absolute atomic E-state index is 13.4. The summed E-state index contributed by atoms with van der Waals surface area (Å²) in [6.45, 7) is 3.79. The quantitative estimate of drug-likeness (QED) is 0.788. The Hall–Kier alpha value is -2.11. The molecule has 1 aromatic carbocycles. The highest BCUT2D eigenvalue weighted by Gasteiger charge is 2.34. The number of hydrogen-bond acceptors (Lipinski definition) is 3. The van der Waals surface area contributed by atoms with Crippen LogP contribution in [0.15, 0.2) is 18.2 Å². The number of unbranched alkanes of at least 4 members (excludes halogenated alkanes) is 1. The van der Waals surface area contributed by atoms with Crippen LogP contribution >= 0.6 is 0 Å². The molecule has 1 aromatic rings. The third kappa shape index (κ3) is 4.94. The summed E-state index contributed by atoms with van der Waals surface area (Å²) in [5.41, 5.74) is 0.270. The van der Waals surface area contributed by atoms with E-state index in [0.717, 1.165) is 5.56 Å². The minimum atomic E-state index is -0.854. The SMILES string of the molecule is CC1(C)CC(NC(=O)CCCCC(=O)O)c2ccc(F)cc2O1. The normalized spacial score (nSPS) is 18.7. The van der Waals surface area contributed by atoms with Gasteiger partial charge >= 0.3 is 5.97 Å². The van der Waals surface area contributed by atoms with Crippen LogP contribution in [0.25, 0.3) is 0 Å². The van der Waals surface area contributed by atoms with Gasteiger partial charge in [-0.05, 0) is 32.8 Å². The van der Waals surface area contributed by atoms with E-state index in [2.05, 4.69) is 5.32 Å². The predicted octanol–water partition coefficient (Wildman–Crippen LogP) is 3.19. The lowest BCUT2D eigenvalue weighted by molar-refractivity contribution is -0.137. The van der Waals surface area contributed by atoms with Crippen molar-refractivity contribution in [3.8, 4) is 5.75 Å². The van der Waals surface area contributed by atoms with Gasteiger partial charge in [0.1, 0.15) is 17.2 Å². The highest BCUT2D eigenvalue weighted by atomic mass is 19.1. The molecule has 0 aliphatic carbocycles. The number of benzene rings is 1. The van der Waals surface area contributed by atoms with E-state index in [9.17, 15) is 14.0 Å². The van der Waals surface area contributed by atoms with Gasteiger partial charge in [-0.25, -0.2) is 4.39 Å². The van der Waals surface area contributed by atoms with E-state index in [1.165, 1.54) is 12.1 Å². The third-order valence-electron chi connectivity index (χ3n) is 3.81. The Morgan fingerprint density at radius 3 is 2.74 bits per heavy atom. The number of hydrogen-bond donors (Lipinski definition) is 2. The largest absolute Gasteiger partial charge is 0.487 e. The number of halogens is 1. The van der Waals surface area contributed by atoms with Gasteiger partial charge in [0.2, 0.25) is 5.91 Å². The van der Waals surface area contributed by atoms with Crippen molar-refractivity contribution in [2.24, 2.45) is 0 Å². The smallest absolute Gasteiger partial charge is 0.303 e. The summed E-state index contributed by atoms with van der Waals surface area (Å²) >= 11 is 0.